The molecule has 0 amide bonds. The first-order valence-corrected chi connectivity index (χ1v) is 7.18. The van der Waals surface area contributed by atoms with Crippen molar-refractivity contribution in [3.05, 3.63) is 29.8 Å². The number of anilines is 1. The number of ether oxygens (including phenoxy) is 1. The minimum Gasteiger partial charge on any atom is -0.396 e. The van der Waals surface area contributed by atoms with Gasteiger partial charge < -0.3 is 15.0 Å². The molecule has 112 valence electrons. The van der Waals surface area contributed by atoms with Crippen LogP contribution in [0.4, 0.5) is 10.1 Å². The van der Waals surface area contributed by atoms with Gasteiger partial charge in [-0.1, -0.05) is 5.16 Å². The Morgan fingerprint density at radius 3 is 2.81 bits per heavy atom. The summed E-state index contributed by atoms with van der Waals surface area (Å²) in [5.74, 6) is 0.447. The quantitative estimate of drug-likeness (QED) is 0.875. The number of hydrogen-bond donors (Lipinski definition) is 1. The van der Waals surface area contributed by atoms with Crippen LogP contribution in [0.5, 0.6) is 0 Å². The summed E-state index contributed by atoms with van der Waals surface area (Å²) in [5.41, 5.74) is 5.80. The van der Waals surface area contributed by atoms with Crippen LogP contribution in [0.25, 0.3) is 11.5 Å². The van der Waals surface area contributed by atoms with Crippen LogP contribution < -0.4 is 5.73 Å². The lowest BCUT2D eigenvalue weighted by Crippen LogP contribution is -2.27. The summed E-state index contributed by atoms with van der Waals surface area (Å²) in [6.07, 6.45) is 3.97. The van der Waals surface area contributed by atoms with Crippen molar-refractivity contribution < 1.29 is 13.7 Å². The van der Waals surface area contributed by atoms with Crippen molar-refractivity contribution in [2.75, 3.05) is 12.3 Å². The first kappa shape index (κ1) is 14.0. The molecule has 1 aromatic carbocycles. The van der Waals surface area contributed by atoms with Crippen molar-refractivity contribution in [2.45, 2.75) is 38.2 Å². The van der Waals surface area contributed by atoms with Crippen LogP contribution in [-0.4, -0.2) is 16.7 Å². The Morgan fingerprint density at radius 2 is 2.14 bits per heavy atom. The number of hydrogen-bond acceptors (Lipinski definition) is 5. The number of halogens is 1. The zero-order valence-corrected chi connectivity index (χ0v) is 11.9. The fraction of sp³-hybridized carbons (Fsp3) is 0.467. The van der Waals surface area contributed by atoms with E-state index in [0.717, 1.165) is 25.7 Å². The smallest absolute Gasteiger partial charge is 0.258 e. The third-order valence-electron chi connectivity index (χ3n) is 3.91. The largest absolute Gasteiger partial charge is 0.396 e. The molecule has 3 rings (SSSR count). The standard InChI is InChI=1S/C15H18FN3O2/c1-2-20-15(7-3-4-8-15)14-18-13(21-19-14)10-5-6-11(16)12(17)9-10/h5-6,9H,2-4,7-8,17H2,1H3. The molecule has 0 aliphatic heterocycles. The molecule has 1 aliphatic rings. The van der Waals surface area contributed by atoms with Crippen LogP contribution in [0, 0.1) is 5.82 Å². The number of rotatable bonds is 4. The molecule has 2 aromatic rings. The molecule has 6 heteroatoms. The van der Waals surface area contributed by atoms with Crippen molar-refractivity contribution in [3.8, 4) is 11.5 Å². The summed E-state index contributed by atoms with van der Waals surface area (Å²) in [5, 5.41) is 4.07. The van der Waals surface area contributed by atoms with Gasteiger partial charge >= 0.3 is 0 Å². The lowest BCUT2D eigenvalue weighted by atomic mass is 10.0. The van der Waals surface area contributed by atoms with Crippen LogP contribution in [-0.2, 0) is 10.3 Å². The fourth-order valence-electron chi connectivity index (χ4n) is 2.86. The van der Waals surface area contributed by atoms with E-state index >= 15 is 0 Å². The summed E-state index contributed by atoms with van der Waals surface area (Å²) in [6.45, 7) is 2.56. The van der Waals surface area contributed by atoms with Crippen molar-refractivity contribution in [1.29, 1.82) is 0 Å². The molecule has 1 saturated carbocycles. The molecular formula is C15H18FN3O2. The van der Waals surface area contributed by atoms with E-state index in [-0.39, 0.29) is 5.69 Å². The van der Waals surface area contributed by atoms with Crippen LogP contribution in [0.15, 0.2) is 22.7 Å². The highest BCUT2D eigenvalue weighted by atomic mass is 19.1. The number of benzene rings is 1. The van der Waals surface area contributed by atoms with Gasteiger partial charge in [0.1, 0.15) is 11.4 Å². The normalized spacial score (nSPS) is 17.2. The van der Waals surface area contributed by atoms with Crippen molar-refractivity contribution in [2.24, 2.45) is 0 Å². The Kier molecular flexibility index (Phi) is 3.63. The predicted molar refractivity (Wildman–Crippen MR) is 75.9 cm³/mol. The van der Waals surface area contributed by atoms with E-state index in [1.165, 1.54) is 12.1 Å². The minimum absolute atomic E-state index is 0.0626. The SMILES string of the molecule is CCOC1(c2noc(-c3ccc(F)c(N)c3)n2)CCCC1. The highest BCUT2D eigenvalue weighted by molar-refractivity contribution is 5.60. The molecule has 21 heavy (non-hydrogen) atoms. The van der Waals surface area contributed by atoms with E-state index in [1.807, 2.05) is 6.92 Å². The topological polar surface area (TPSA) is 74.2 Å². The molecule has 0 saturated heterocycles. The zero-order valence-electron chi connectivity index (χ0n) is 11.9. The van der Waals surface area contributed by atoms with Gasteiger partial charge in [0, 0.05) is 12.2 Å². The molecule has 1 heterocycles. The lowest BCUT2D eigenvalue weighted by molar-refractivity contribution is -0.0469. The average Bonchev–Trinajstić information content (AvgIpc) is 3.12. The van der Waals surface area contributed by atoms with Crippen LogP contribution >= 0.6 is 0 Å². The fourth-order valence-corrected chi connectivity index (χ4v) is 2.86. The van der Waals surface area contributed by atoms with Crippen molar-refractivity contribution in [3.63, 3.8) is 0 Å². The molecule has 1 aliphatic carbocycles. The van der Waals surface area contributed by atoms with Gasteiger partial charge in [-0.05, 0) is 50.8 Å². The van der Waals surface area contributed by atoms with Gasteiger partial charge in [0.2, 0.25) is 5.82 Å². The predicted octanol–water partition coefficient (Wildman–Crippen LogP) is 3.26. The summed E-state index contributed by atoms with van der Waals surface area (Å²) < 4.78 is 24.4. The second kappa shape index (κ2) is 5.44. The first-order chi connectivity index (χ1) is 10.1. The zero-order chi connectivity index (χ0) is 14.9. The van der Waals surface area contributed by atoms with Gasteiger partial charge in [-0.15, -0.1) is 0 Å². The molecule has 1 fully saturated rings. The maximum absolute atomic E-state index is 13.2. The van der Waals surface area contributed by atoms with E-state index in [2.05, 4.69) is 10.1 Å². The first-order valence-electron chi connectivity index (χ1n) is 7.18. The molecule has 1 aromatic heterocycles. The third-order valence-corrected chi connectivity index (χ3v) is 3.91. The molecule has 0 radical (unpaired) electrons. The molecule has 0 spiro atoms. The second-order valence-electron chi connectivity index (χ2n) is 5.29. The Balaban J connectivity index is 1.93. The van der Waals surface area contributed by atoms with Gasteiger partial charge in [0.15, 0.2) is 0 Å². The monoisotopic (exact) mass is 291 g/mol. The van der Waals surface area contributed by atoms with Gasteiger partial charge in [-0.2, -0.15) is 4.98 Å². The maximum Gasteiger partial charge on any atom is 0.258 e. The number of nitrogens with zero attached hydrogens (tertiary/aromatic N) is 2. The third kappa shape index (κ3) is 2.51. The van der Waals surface area contributed by atoms with Gasteiger partial charge in [0.25, 0.3) is 5.89 Å². The van der Waals surface area contributed by atoms with E-state index in [9.17, 15) is 4.39 Å². The second-order valence-corrected chi connectivity index (χ2v) is 5.29. The Morgan fingerprint density at radius 1 is 1.38 bits per heavy atom. The summed E-state index contributed by atoms with van der Waals surface area (Å²) in [4.78, 5) is 4.44. The minimum atomic E-state index is -0.458. The highest BCUT2D eigenvalue weighted by Crippen LogP contribution is 2.41. The summed E-state index contributed by atoms with van der Waals surface area (Å²) >= 11 is 0. The Hall–Kier alpha value is -1.95. The van der Waals surface area contributed by atoms with Gasteiger partial charge in [-0.3, -0.25) is 0 Å². The highest BCUT2D eigenvalue weighted by Gasteiger charge is 2.40. The van der Waals surface area contributed by atoms with E-state index in [4.69, 9.17) is 15.0 Å². The average molecular weight is 291 g/mol. The lowest BCUT2D eigenvalue weighted by Gasteiger charge is -2.24. The van der Waals surface area contributed by atoms with Crippen molar-refractivity contribution in [1.82, 2.24) is 10.1 Å². The van der Waals surface area contributed by atoms with Gasteiger partial charge in [0.05, 0.1) is 5.69 Å². The molecule has 0 unspecified atom stereocenters. The Bertz CT molecular complexity index is 636. The molecular weight excluding hydrogens is 273 g/mol. The van der Waals surface area contributed by atoms with E-state index in [1.54, 1.807) is 6.07 Å². The van der Waals surface area contributed by atoms with Crippen LogP contribution in [0.3, 0.4) is 0 Å². The molecule has 5 nitrogen and oxygen atoms in total. The maximum atomic E-state index is 13.2. The molecule has 0 bridgehead atoms. The van der Waals surface area contributed by atoms with Gasteiger partial charge in [-0.25, -0.2) is 4.39 Å². The van der Waals surface area contributed by atoms with E-state index in [0.29, 0.717) is 23.9 Å². The molecule has 2 N–H and O–H groups in total. The number of nitrogen functional groups attached to an aromatic ring is 1. The van der Waals surface area contributed by atoms with Crippen LogP contribution in [0.2, 0.25) is 0 Å². The summed E-state index contributed by atoms with van der Waals surface area (Å²) in [7, 11) is 0. The van der Waals surface area contributed by atoms with Crippen molar-refractivity contribution >= 4 is 5.69 Å². The summed E-state index contributed by atoms with van der Waals surface area (Å²) in [6, 6.07) is 4.36. The number of aromatic nitrogens is 2. The number of nitrogens with two attached hydrogens (primary N) is 1. The van der Waals surface area contributed by atoms with E-state index < -0.39 is 11.4 Å². The van der Waals surface area contributed by atoms with Crippen LogP contribution in [0.1, 0.15) is 38.4 Å². The Labute approximate surface area is 122 Å². The molecule has 0 atom stereocenters.